The summed E-state index contributed by atoms with van der Waals surface area (Å²) in [5.41, 5.74) is 2.63. The normalized spacial score (nSPS) is 14.4. The van der Waals surface area contributed by atoms with Gasteiger partial charge in [0.25, 0.3) is 0 Å². The van der Waals surface area contributed by atoms with Crippen molar-refractivity contribution in [3.05, 3.63) is 35.9 Å². The number of benzene rings is 1. The van der Waals surface area contributed by atoms with Crippen LogP contribution in [0.4, 0.5) is 0 Å². The van der Waals surface area contributed by atoms with Gasteiger partial charge in [0.05, 0.1) is 19.8 Å². The molecule has 0 spiro atoms. The molecule has 19 heavy (non-hydrogen) atoms. The molecule has 0 heterocycles. The maximum atomic E-state index is 10.1. The molecule has 0 bridgehead atoms. The van der Waals surface area contributed by atoms with E-state index in [0.29, 0.717) is 6.61 Å². The zero-order chi connectivity index (χ0) is 14.4. The molecule has 0 aliphatic heterocycles. The maximum absolute atomic E-state index is 10.1. The van der Waals surface area contributed by atoms with Crippen LogP contribution in [-0.4, -0.2) is 37.1 Å². The number of hydrogen-bond donors (Lipinski definition) is 2. The van der Waals surface area contributed by atoms with Crippen molar-refractivity contribution >= 4 is 8.07 Å². The summed E-state index contributed by atoms with van der Waals surface area (Å²) in [4.78, 5) is 0. The molecule has 0 unspecified atom stereocenters. The third-order valence-corrected chi connectivity index (χ3v) is 3.26. The summed E-state index contributed by atoms with van der Waals surface area (Å²) in [6.07, 6.45) is 0. The summed E-state index contributed by atoms with van der Waals surface area (Å²) < 4.78 is 5.44. The average molecular weight is 278 g/mol. The predicted octanol–water partition coefficient (Wildman–Crippen LogP) is 1.81. The maximum Gasteiger partial charge on any atom is 0.171 e. The summed E-state index contributed by atoms with van der Waals surface area (Å²) in [6, 6.07) is 9.70. The van der Waals surface area contributed by atoms with Gasteiger partial charge in [-0.2, -0.15) is 0 Å². The molecule has 1 atom stereocenters. The topological polar surface area (TPSA) is 49.7 Å². The lowest BCUT2D eigenvalue weighted by Gasteiger charge is -2.20. The lowest BCUT2D eigenvalue weighted by molar-refractivity contribution is -0.0438. The van der Waals surface area contributed by atoms with Crippen LogP contribution in [0.5, 0.6) is 0 Å². The fraction of sp³-hybridized carbons (Fsp3) is 0.467. The fourth-order valence-corrected chi connectivity index (χ4v) is 1.94. The minimum absolute atomic E-state index is 0.00980. The van der Waals surface area contributed by atoms with Gasteiger partial charge in [0, 0.05) is 0 Å². The Labute approximate surface area is 116 Å². The third-order valence-electron chi connectivity index (χ3n) is 2.38. The minimum atomic E-state index is -1.57. The van der Waals surface area contributed by atoms with Crippen molar-refractivity contribution in [2.24, 2.45) is 0 Å². The van der Waals surface area contributed by atoms with Crippen LogP contribution in [0.15, 0.2) is 30.3 Å². The lowest BCUT2D eigenvalue weighted by atomic mass is 10.1. The summed E-state index contributed by atoms with van der Waals surface area (Å²) in [7, 11) is -1.57. The average Bonchev–Trinajstić information content (AvgIpc) is 2.37. The molecule has 0 aliphatic rings. The van der Waals surface area contributed by atoms with Crippen LogP contribution in [0, 0.1) is 11.5 Å². The molecule has 1 aromatic carbocycles. The molecule has 0 saturated heterocycles. The van der Waals surface area contributed by atoms with Crippen molar-refractivity contribution in [1.29, 1.82) is 0 Å². The Morgan fingerprint density at radius 1 is 1.21 bits per heavy atom. The van der Waals surface area contributed by atoms with Gasteiger partial charge >= 0.3 is 0 Å². The molecular weight excluding hydrogens is 256 g/mol. The second-order valence-electron chi connectivity index (χ2n) is 5.67. The number of ether oxygens (including phenoxy) is 1. The van der Waals surface area contributed by atoms with Gasteiger partial charge in [0.15, 0.2) is 5.60 Å². The Morgan fingerprint density at radius 3 is 2.37 bits per heavy atom. The van der Waals surface area contributed by atoms with Crippen molar-refractivity contribution in [3.8, 4) is 11.5 Å². The number of aliphatic hydroxyl groups excluding tert-OH is 1. The van der Waals surface area contributed by atoms with Crippen molar-refractivity contribution < 1.29 is 14.9 Å². The Kier molecular flexibility index (Phi) is 5.76. The van der Waals surface area contributed by atoms with Gasteiger partial charge in [-0.05, 0) is 5.56 Å². The molecule has 0 aromatic heterocycles. The van der Waals surface area contributed by atoms with Crippen LogP contribution < -0.4 is 0 Å². The summed E-state index contributed by atoms with van der Waals surface area (Å²) in [5, 5.41) is 19.4. The first-order chi connectivity index (χ1) is 8.85. The molecule has 104 valence electrons. The Balaban J connectivity index is 2.54. The van der Waals surface area contributed by atoms with E-state index in [1.165, 1.54) is 0 Å². The highest BCUT2D eigenvalue weighted by Gasteiger charge is 2.24. The molecule has 0 aliphatic carbocycles. The molecule has 1 rings (SSSR count). The highest BCUT2D eigenvalue weighted by atomic mass is 28.3. The first-order valence-electron chi connectivity index (χ1n) is 6.34. The molecule has 0 radical (unpaired) electrons. The van der Waals surface area contributed by atoms with Crippen molar-refractivity contribution in [3.63, 3.8) is 0 Å². The Hall–Kier alpha value is -1.12. The Morgan fingerprint density at radius 2 is 1.84 bits per heavy atom. The van der Waals surface area contributed by atoms with Crippen LogP contribution in [0.1, 0.15) is 5.56 Å². The summed E-state index contributed by atoms with van der Waals surface area (Å²) >= 11 is 0. The van der Waals surface area contributed by atoms with Crippen molar-refractivity contribution in [2.45, 2.75) is 31.8 Å². The largest absolute Gasteiger partial charge is 0.392 e. The van der Waals surface area contributed by atoms with Crippen LogP contribution >= 0.6 is 0 Å². The van der Waals surface area contributed by atoms with Crippen LogP contribution in [0.25, 0.3) is 0 Å². The number of rotatable bonds is 5. The molecular formula is C15H22O3Si. The molecule has 0 saturated carbocycles. The highest BCUT2D eigenvalue weighted by molar-refractivity contribution is 6.83. The van der Waals surface area contributed by atoms with E-state index in [1.807, 2.05) is 30.3 Å². The van der Waals surface area contributed by atoms with Gasteiger partial charge in [0.1, 0.15) is 8.07 Å². The lowest BCUT2D eigenvalue weighted by Crippen LogP contribution is -2.37. The first kappa shape index (κ1) is 15.9. The van der Waals surface area contributed by atoms with Gasteiger partial charge in [-0.1, -0.05) is 55.9 Å². The zero-order valence-electron chi connectivity index (χ0n) is 11.8. The van der Waals surface area contributed by atoms with Gasteiger partial charge in [-0.15, -0.1) is 5.54 Å². The van der Waals surface area contributed by atoms with Crippen LogP contribution in [-0.2, 0) is 11.3 Å². The monoisotopic (exact) mass is 278 g/mol. The zero-order valence-corrected chi connectivity index (χ0v) is 12.8. The second kappa shape index (κ2) is 6.87. The summed E-state index contributed by atoms with van der Waals surface area (Å²) in [6.45, 7) is 6.25. The van der Waals surface area contributed by atoms with Crippen LogP contribution in [0.3, 0.4) is 0 Å². The predicted molar refractivity (Wildman–Crippen MR) is 79.3 cm³/mol. The minimum Gasteiger partial charge on any atom is -0.392 e. The number of aliphatic hydroxyl groups is 2. The molecule has 0 amide bonds. The molecule has 3 nitrogen and oxygen atoms in total. The van der Waals surface area contributed by atoms with Crippen molar-refractivity contribution in [1.82, 2.24) is 0 Å². The van der Waals surface area contributed by atoms with E-state index >= 15 is 0 Å². The van der Waals surface area contributed by atoms with E-state index in [2.05, 4.69) is 31.1 Å². The van der Waals surface area contributed by atoms with E-state index < -0.39 is 20.3 Å². The summed E-state index contributed by atoms with van der Waals surface area (Å²) in [5.74, 6) is 2.76. The molecule has 2 N–H and O–H groups in total. The van der Waals surface area contributed by atoms with E-state index in [4.69, 9.17) is 4.74 Å². The fourth-order valence-electron chi connectivity index (χ4n) is 1.34. The van der Waals surface area contributed by atoms with E-state index in [-0.39, 0.29) is 6.61 Å². The van der Waals surface area contributed by atoms with Gasteiger partial charge in [0.2, 0.25) is 0 Å². The second-order valence-corrected chi connectivity index (χ2v) is 10.4. The first-order valence-corrected chi connectivity index (χ1v) is 9.84. The van der Waals surface area contributed by atoms with E-state index in [0.717, 1.165) is 5.56 Å². The third kappa shape index (κ3) is 6.55. The van der Waals surface area contributed by atoms with E-state index in [9.17, 15) is 10.2 Å². The number of hydrogen-bond acceptors (Lipinski definition) is 3. The highest BCUT2D eigenvalue weighted by Crippen LogP contribution is 2.08. The van der Waals surface area contributed by atoms with E-state index in [1.54, 1.807) is 0 Å². The molecule has 4 heteroatoms. The van der Waals surface area contributed by atoms with Gasteiger partial charge in [-0.3, -0.25) is 0 Å². The Bertz CT molecular complexity index is 442. The van der Waals surface area contributed by atoms with Crippen molar-refractivity contribution in [2.75, 3.05) is 13.2 Å². The SMILES string of the molecule is C[Si](C)(C)C#C[C@@](O)(CO)COCc1ccccc1. The molecule has 1 aromatic rings. The van der Waals surface area contributed by atoms with Crippen LogP contribution in [0.2, 0.25) is 19.6 Å². The van der Waals surface area contributed by atoms with Gasteiger partial charge in [-0.25, -0.2) is 0 Å². The van der Waals surface area contributed by atoms with Gasteiger partial charge < -0.3 is 14.9 Å². The standard InChI is InChI=1S/C15H22O3Si/c1-19(2,3)10-9-15(17,12-16)13-18-11-14-7-5-4-6-8-14/h4-8,16-17H,11-13H2,1-3H3/t15-/m1/s1. The smallest absolute Gasteiger partial charge is 0.171 e. The molecule has 0 fully saturated rings. The quantitative estimate of drug-likeness (QED) is 0.638.